The Hall–Kier alpha value is -3.06. The van der Waals surface area contributed by atoms with Crippen molar-refractivity contribution in [3.63, 3.8) is 0 Å². The van der Waals surface area contributed by atoms with Gasteiger partial charge in [0.1, 0.15) is 12.4 Å². The average Bonchev–Trinajstić information content (AvgIpc) is 3.29. The first-order chi connectivity index (χ1) is 14.6. The van der Waals surface area contributed by atoms with Crippen LogP contribution < -0.4 is 15.4 Å². The maximum absolute atomic E-state index is 12.2. The molecule has 3 rings (SSSR count). The number of amides is 1. The van der Waals surface area contributed by atoms with Gasteiger partial charge in [-0.15, -0.1) is 0 Å². The molecule has 1 unspecified atom stereocenters. The first-order valence-electron chi connectivity index (χ1n) is 10.3. The number of esters is 1. The minimum absolute atomic E-state index is 0.121. The summed E-state index contributed by atoms with van der Waals surface area (Å²) < 4.78 is 16.4. The van der Waals surface area contributed by atoms with Crippen LogP contribution in [0, 0.1) is 0 Å². The molecule has 0 radical (unpaired) electrons. The van der Waals surface area contributed by atoms with Crippen molar-refractivity contribution in [1.29, 1.82) is 0 Å². The third-order valence-electron chi connectivity index (χ3n) is 4.61. The Labute approximate surface area is 176 Å². The molecule has 7 nitrogen and oxygen atoms in total. The summed E-state index contributed by atoms with van der Waals surface area (Å²) in [6, 6.07) is 14.1. The molecule has 0 bridgehead atoms. The van der Waals surface area contributed by atoms with Crippen molar-refractivity contribution in [1.82, 2.24) is 0 Å². The molecule has 1 atom stereocenters. The van der Waals surface area contributed by atoms with Gasteiger partial charge in [-0.25, -0.2) is 4.79 Å². The van der Waals surface area contributed by atoms with Crippen LogP contribution in [-0.4, -0.2) is 44.3 Å². The van der Waals surface area contributed by atoms with Crippen LogP contribution in [0.25, 0.3) is 0 Å². The maximum Gasteiger partial charge on any atom is 0.338 e. The fourth-order valence-corrected chi connectivity index (χ4v) is 2.99. The smallest absolute Gasteiger partial charge is 0.338 e. The Morgan fingerprint density at radius 1 is 1.07 bits per heavy atom. The zero-order valence-corrected chi connectivity index (χ0v) is 17.2. The summed E-state index contributed by atoms with van der Waals surface area (Å²) in [4.78, 5) is 24.0. The van der Waals surface area contributed by atoms with Gasteiger partial charge < -0.3 is 24.8 Å². The predicted molar refractivity (Wildman–Crippen MR) is 115 cm³/mol. The van der Waals surface area contributed by atoms with Crippen molar-refractivity contribution in [2.45, 2.75) is 32.3 Å². The van der Waals surface area contributed by atoms with E-state index in [0.29, 0.717) is 24.5 Å². The van der Waals surface area contributed by atoms with Crippen molar-refractivity contribution in [3.8, 4) is 5.75 Å². The molecule has 2 aromatic carbocycles. The zero-order chi connectivity index (χ0) is 21.2. The van der Waals surface area contributed by atoms with E-state index in [1.165, 1.54) is 0 Å². The van der Waals surface area contributed by atoms with Crippen LogP contribution in [0.1, 0.15) is 36.5 Å². The van der Waals surface area contributed by atoms with E-state index in [1.54, 1.807) is 24.3 Å². The second-order valence-corrected chi connectivity index (χ2v) is 7.09. The molecule has 1 heterocycles. The summed E-state index contributed by atoms with van der Waals surface area (Å²) in [5.41, 5.74) is 1.90. The molecule has 1 fully saturated rings. The molecule has 1 amide bonds. The average molecular weight is 412 g/mol. The van der Waals surface area contributed by atoms with E-state index in [9.17, 15) is 9.59 Å². The summed E-state index contributed by atoms with van der Waals surface area (Å²) in [6.45, 7) is 3.83. The van der Waals surface area contributed by atoms with E-state index in [-0.39, 0.29) is 24.5 Å². The topological polar surface area (TPSA) is 85.9 Å². The first kappa shape index (κ1) is 21.6. The highest BCUT2D eigenvalue weighted by Crippen LogP contribution is 2.18. The minimum atomic E-state index is -0.361. The Morgan fingerprint density at radius 2 is 1.80 bits per heavy atom. The molecule has 1 saturated heterocycles. The van der Waals surface area contributed by atoms with E-state index >= 15 is 0 Å². The summed E-state index contributed by atoms with van der Waals surface area (Å²) in [7, 11) is 0. The summed E-state index contributed by atoms with van der Waals surface area (Å²) in [5, 5.41) is 5.87. The number of nitrogens with one attached hydrogen (secondary N) is 2. The number of hydrogen-bond donors (Lipinski definition) is 2. The van der Waals surface area contributed by atoms with Crippen molar-refractivity contribution in [3.05, 3.63) is 54.1 Å². The molecular formula is C23H28N2O5. The van der Waals surface area contributed by atoms with Crippen LogP contribution in [0.5, 0.6) is 5.75 Å². The highest BCUT2D eigenvalue weighted by molar-refractivity contribution is 5.95. The van der Waals surface area contributed by atoms with E-state index < -0.39 is 0 Å². The normalized spacial score (nSPS) is 15.4. The highest BCUT2D eigenvalue weighted by atomic mass is 16.5. The lowest BCUT2D eigenvalue weighted by Gasteiger charge is -2.12. The molecule has 0 aliphatic carbocycles. The number of carbonyl (C=O) groups excluding carboxylic acids is 2. The lowest BCUT2D eigenvalue weighted by molar-refractivity contribution is -0.114. The van der Waals surface area contributed by atoms with Crippen LogP contribution in [0.3, 0.4) is 0 Å². The number of carbonyl (C=O) groups is 2. The molecule has 2 N–H and O–H groups in total. The van der Waals surface area contributed by atoms with Gasteiger partial charge in [0.05, 0.1) is 24.8 Å². The number of rotatable bonds is 10. The Morgan fingerprint density at radius 3 is 2.47 bits per heavy atom. The van der Waals surface area contributed by atoms with Crippen molar-refractivity contribution < 1.29 is 23.8 Å². The fraction of sp³-hybridized carbons (Fsp3) is 0.391. The highest BCUT2D eigenvalue weighted by Gasteiger charge is 2.15. The largest absolute Gasteiger partial charge is 0.491 e. The molecule has 1 aliphatic rings. The van der Waals surface area contributed by atoms with E-state index in [4.69, 9.17) is 14.2 Å². The second kappa shape index (κ2) is 11.2. The van der Waals surface area contributed by atoms with Gasteiger partial charge in [-0.05, 0) is 67.8 Å². The van der Waals surface area contributed by atoms with Gasteiger partial charge in [-0.3, -0.25) is 4.79 Å². The standard InChI is InChI=1S/C23H28N2O5/c1-2-13-29-23(27)17-5-7-19(8-6-17)25-22(26)15-24-18-9-11-20(12-10-18)30-16-21-4-3-14-28-21/h5-12,21,24H,2-4,13-16H2,1H3,(H,25,26). The molecule has 2 aromatic rings. The summed E-state index contributed by atoms with van der Waals surface area (Å²) in [5.74, 6) is 0.229. The molecule has 0 aromatic heterocycles. The molecule has 0 spiro atoms. The third kappa shape index (κ3) is 6.77. The van der Waals surface area contributed by atoms with Crippen molar-refractivity contribution in [2.24, 2.45) is 0 Å². The van der Waals surface area contributed by atoms with Crippen LogP contribution >= 0.6 is 0 Å². The Bertz CT molecular complexity index is 814. The fourth-order valence-electron chi connectivity index (χ4n) is 2.99. The van der Waals surface area contributed by atoms with Gasteiger partial charge in [-0.1, -0.05) is 6.92 Å². The lowest BCUT2D eigenvalue weighted by Crippen LogP contribution is -2.21. The van der Waals surface area contributed by atoms with Gasteiger partial charge in [0.25, 0.3) is 0 Å². The zero-order valence-electron chi connectivity index (χ0n) is 17.2. The van der Waals surface area contributed by atoms with Gasteiger partial charge >= 0.3 is 5.97 Å². The van der Waals surface area contributed by atoms with Gasteiger partial charge in [0, 0.05) is 18.0 Å². The molecule has 0 saturated carbocycles. The molecular weight excluding hydrogens is 384 g/mol. The Balaban J connectivity index is 1.40. The SMILES string of the molecule is CCCOC(=O)c1ccc(NC(=O)CNc2ccc(OCC3CCCO3)cc2)cc1. The quantitative estimate of drug-likeness (QED) is 0.577. The van der Waals surface area contributed by atoms with Crippen molar-refractivity contribution >= 4 is 23.3 Å². The van der Waals surface area contributed by atoms with Crippen LogP contribution in [0.15, 0.2) is 48.5 Å². The second-order valence-electron chi connectivity index (χ2n) is 7.09. The van der Waals surface area contributed by atoms with Crippen LogP contribution in [0.2, 0.25) is 0 Å². The molecule has 7 heteroatoms. The summed E-state index contributed by atoms with van der Waals surface area (Å²) in [6.07, 6.45) is 3.09. The van der Waals surface area contributed by atoms with Crippen molar-refractivity contribution in [2.75, 3.05) is 37.0 Å². The molecule has 160 valence electrons. The van der Waals surface area contributed by atoms with Crippen LogP contribution in [0.4, 0.5) is 11.4 Å². The number of ether oxygens (including phenoxy) is 3. The number of anilines is 2. The predicted octanol–water partition coefficient (Wildman–Crippen LogP) is 3.86. The minimum Gasteiger partial charge on any atom is -0.491 e. The van der Waals surface area contributed by atoms with E-state index in [2.05, 4.69) is 10.6 Å². The van der Waals surface area contributed by atoms with E-state index in [1.807, 2.05) is 31.2 Å². The third-order valence-corrected chi connectivity index (χ3v) is 4.61. The maximum atomic E-state index is 12.2. The Kier molecular flexibility index (Phi) is 8.09. The molecule has 30 heavy (non-hydrogen) atoms. The van der Waals surface area contributed by atoms with E-state index in [0.717, 1.165) is 37.3 Å². The number of benzene rings is 2. The summed E-state index contributed by atoms with van der Waals surface area (Å²) >= 11 is 0. The monoisotopic (exact) mass is 412 g/mol. The lowest BCUT2D eigenvalue weighted by atomic mass is 10.2. The van der Waals surface area contributed by atoms with Crippen LogP contribution in [-0.2, 0) is 14.3 Å². The first-order valence-corrected chi connectivity index (χ1v) is 10.3. The number of hydrogen-bond acceptors (Lipinski definition) is 6. The van der Waals surface area contributed by atoms with Gasteiger partial charge in [0.2, 0.25) is 5.91 Å². The van der Waals surface area contributed by atoms with Gasteiger partial charge in [0.15, 0.2) is 0 Å². The van der Waals surface area contributed by atoms with Gasteiger partial charge in [-0.2, -0.15) is 0 Å². The molecule has 1 aliphatic heterocycles.